The van der Waals surface area contributed by atoms with E-state index in [1.54, 1.807) is 0 Å². The molecule has 0 aromatic heterocycles. The number of carbonyl (C=O) groups is 1. The fourth-order valence-corrected chi connectivity index (χ4v) is 3.19. The van der Waals surface area contributed by atoms with Crippen LogP contribution in [-0.4, -0.2) is 17.7 Å². The number of carbonyl (C=O) groups excluding carboxylic acids is 1. The van der Waals surface area contributed by atoms with Gasteiger partial charge in [0.05, 0.1) is 5.71 Å². The molecule has 2 aromatic rings. The lowest BCUT2D eigenvalue weighted by Crippen LogP contribution is -2.29. The summed E-state index contributed by atoms with van der Waals surface area (Å²) in [5.74, 6) is 0.606. The van der Waals surface area contributed by atoms with Crippen molar-refractivity contribution < 1.29 is 4.79 Å². The van der Waals surface area contributed by atoms with Crippen LogP contribution in [0.25, 0.3) is 0 Å². The van der Waals surface area contributed by atoms with Gasteiger partial charge in [-0.15, -0.1) is 0 Å². The largest absolute Gasteiger partial charge is 0.303 e. The Morgan fingerprint density at radius 2 is 1.77 bits per heavy atom. The molecule has 1 atom stereocenters. The first-order valence-electron chi connectivity index (χ1n) is 7.77. The first kappa shape index (κ1) is 13.4. The Labute approximate surface area is 129 Å². The molecule has 0 radical (unpaired) electrons. The van der Waals surface area contributed by atoms with Crippen LogP contribution in [0.3, 0.4) is 0 Å². The van der Waals surface area contributed by atoms with Gasteiger partial charge in [-0.05, 0) is 29.9 Å². The van der Waals surface area contributed by atoms with Crippen molar-refractivity contribution in [2.24, 2.45) is 10.7 Å². The van der Waals surface area contributed by atoms with E-state index in [0.717, 1.165) is 22.4 Å². The van der Waals surface area contributed by atoms with Crippen LogP contribution in [0.2, 0.25) is 0 Å². The van der Waals surface area contributed by atoms with Gasteiger partial charge in [0, 0.05) is 17.5 Å². The number of Topliss-reactive ketones (excluding diaryl/α,β-unsaturated/α-hetero) is 1. The zero-order valence-electron chi connectivity index (χ0n) is 12.3. The van der Waals surface area contributed by atoms with E-state index < -0.39 is 6.17 Å². The Kier molecular flexibility index (Phi) is 3.16. The van der Waals surface area contributed by atoms with Gasteiger partial charge < -0.3 is 5.73 Å². The summed E-state index contributed by atoms with van der Waals surface area (Å²) in [5, 5.41) is 0. The smallest absolute Gasteiger partial charge is 0.175 e. The van der Waals surface area contributed by atoms with Gasteiger partial charge in [0.15, 0.2) is 11.9 Å². The van der Waals surface area contributed by atoms with Crippen molar-refractivity contribution in [1.29, 1.82) is 0 Å². The highest BCUT2D eigenvalue weighted by atomic mass is 16.1. The summed E-state index contributed by atoms with van der Waals surface area (Å²) in [5.41, 5.74) is 11.4. The molecule has 1 fully saturated rings. The monoisotopic (exact) mass is 290 g/mol. The average molecular weight is 290 g/mol. The fraction of sp³-hybridized carbons (Fsp3) is 0.263. The van der Waals surface area contributed by atoms with Gasteiger partial charge in [-0.25, -0.2) is 0 Å². The normalized spacial score (nSPS) is 21.0. The SMILES string of the molecule is N[C@H]1N=C(c2ccccc2)c2cccc(C3CC3)c2CC1=O. The number of aliphatic imine (C=N–C) groups is 1. The van der Waals surface area contributed by atoms with E-state index in [-0.39, 0.29) is 5.78 Å². The number of nitrogens with two attached hydrogens (primary N) is 1. The van der Waals surface area contributed by atoms with Crippen molar-refractivity contribution in [3.05, 3.63) is 70.8 Å². The standard InChI is InChI=1S/C19H18N2O/c20-19-17(22)11-16-14(12-9-10-12)7-4-8-15(16)18(21-19)13-5-2-1-3-6-13/h1-8,12,19H,9-11,20H2/t19-/m0/s1. The second kappa shape index (κ2) is 5.18. The zero-order chi connectivity index (χ0) is 15.1. The minimum atomic E-state index is -0.769. The summed E-state index contributed by atoms with van der Waals surface area (Å²) in [7, 11) is 0. The Morgan fingerprint density at radius 1 is 1.00 bits per heavy atom. The minimum Gasteiger partial charge on any atom is -0.303 e. The van der Waals surface area contributed by atoms with Crippen LogP contribution in [-0.2, 0) is 11.2 Å². The van der Waals surface area contributed by atoms with Crippen LogP contribution in [0.5, 0.6) is 0 Å². The second-order valence-corrected chi connectivity index (χ2v) is 6.08. The molecule has 1 aliphatic heterocycles. The van der Waals surface area contributed by atoms with Crippen LogP contribution in [0.4, 0.5) is 0 Å². The summed E-state index contributed by atoms with van der Waals surface area (Å²) in [4.78, 5) is 16.9. The first-order chi connectivity index (χ1) is 10.7. The van der Waals surface area contributed by atoms with Gasteiger partial charge >= 0.3 is 0 Å². The van der Waals surface area contributed by atoms with Gasteiger partial charge in [0.2, 0.25) is 0 Å². The molecule has 0 bridgehead atoms. The van der Waals surface area contributed by atoms with Crippen LogP contribution in [0, 0.1) is 0 Å². The molecule has 0 amide bonds. The highest BCUT2D eigenvalue weighted by Crippen LogP contribution is 2.43. The number of hydrogen-bond acceptors (Lipinski definition) is 3. The molecule has 1 aliphatic carbocycles. The molecule has 0 unspecified atom stereocenters. The Morgan fingerprint density at radius 3 is 2.50 bits per heavy atom. The van der Waals surface area contributed by atoms with Crippen LogP contribution >= 0.6 is 0 Å². The third-order valence-electron chi connectivity index (χ3n) is 4.48. The Bertz CT molecular complexity index is 760. The molecule has 2 aliphatic rings. The van der Waals surface area contributed by atoms with Crippen molar-refractivity contribution in [3.8, 4) is 0 Å². The maximum absolute atomic E-state index is 12.3. The van der Waals surface area contributed by atoms with E-state index in [2.05, 4.69) is 23.2 Å². The van der Waals surface area contributed by atoms with Gasteiger partial charge in [0.1, 0.15) is 0 Å². The molecular formula is C19H18N2O. The third kappa shape index (κ3) is 2.28. The molecule has 3 heteroatoms. The predicted octanol–water partition coefficient (Wildman–Crippen LogP) is 2.81. The van der Waals surface area contributed by atoms with E-state index in [4.69, 9.17) is 5.73 Å². The van der Waals surface area contributed by atoms with Crippen molar-refractivity contribution in [2.45, 2.75) is 31.3 Å². The third-order valence-corrected chi connectivity index (χ3v) is 4.48. The minimum absolute atomic E-state index is 0.000260. The first-order valence-corrected chi connectivity index (χ1v) is 7.77. The van der Waals surface area contributed by atoms with Gasteiger partial charge in [-0.3, -0.25) is 9.79 Å². The van der Waals surface area contributed by atoms with Crippen molar-refractivity contribution >= 4 is 11.5 Å². The quantitative estimate of drug-likeness (QED) is 0.924. The van der Waals surface area contributed by atoms with Crippen molar-refractivity contribution in [1.82, 2.24) is 0 Å². The Balaban J connectivity index is 1.93. The van der Waals surface area contributed by atoms with E-state index in [0.29, 0.717) is 12.3 Å². The number of rotatable bonds is 2. The molecule has 22 heavy (non-hydrogen) atoms. The fourth-order valence-electron chi connectivity index (χ4n) is 3.19. The summed E-state index contributed by atoms with van der Waals surface area (Å²) >= 11 is 0. The van der Waals surface area contributed by atoms with E-state index in [1.165, 1.54) is 18.4 Å². The number of fused-ring (bicyclic) bond motifs is 1. The summed E-state index contributed by atoms with van der Waals surface area (Å²) in [6.07, 6.45) is 2.06. The molecule has 4 rings (SSSR count). The van der Waals surface area contributed by atoms with Crippen LogP contribution in [0.1, 0.15) is 41.0 Å². The molecule has 1 saturated carbocycles. The van der Waals surface area contributed by atoms with Gasteiger partial charge in [-0.1, -0.05) is 48.5 Å². The lowest BCUT2D eigenvalue weighted by atomic mass is 9.90. The van der Waals surface area contributed by atoms with E-state index in [9.17, 15) is 4.79 Å². The molecule has 1 heterocycles. The lowest BCUT2D eigenvalue weighted by Gasteiger charge is -2.13. The highest BCUT2D eigenvalue weighted by Gasteiger charge is 2.31. The summed E-state index contributed by atoms with van der Waals surface area (Å²) in [6, 6.07) is 16.3. The van der Waals surface area contributed by atoms with Gasteiger partial charge in [0.25, 0.3) is 0 Å². The molecule has 2 aromatic carbocycles. The zero-order valence-corrected chi connectivity index (χ0v) is 12.3. The maximum atomic E-state index is 12.3. The topological polar surface area (TPSA) is 55.4 Å². The van der Waals surface area contributed by atoms with E-state index in [1.807, 2.05) is 30.3 Å². The number of hydrogen-bond donors (Lipinski definition) is 1. The summed E-state index contributed by atoms with van der Waals surface area (Å²) in [6.45, 7) is 0. The molecular weight excluding hydrogens is 272 g/mol. The van der Waals surface area contributed by atoms with Crippen LogP contribution < -0.4 is 5.73 Å². The van der Waals surface area contributed by atoms with E-state index >= 15 is 0 Å². The molecule has 110 valence electrons. The van der Waals surface area contributed by atoms with Crippen LogP contribution in [0.15, 0.2) is 53.5 Å². The van der Waals surface area contributed by atoms with Crippen molar-refractivity contribution in [3.63, 3.8) is 0 Å². The van der Waals surface area contributed by atoms with Gasteiger partial charge in [-0.2, -0.15) is 0 Å². The lowest BCUT2D eigenvalue weighted by molar-refractivity contribution is -0.119. The maximum Gasteiger partial charge on any atom is 0.175 e. The van der Waals surface area contributed by atoms with Crippen molar-refractivity contribution in [2.75, 3.05) is 0 Å². The second-order valence-electron chi connectivity index (χ2n) is 6.08. The Hall–Kier alpha value is -2.26. The summed E-state index contributed by atoms with van der Waals surface area (Å²) < 4.78 is 0. The number of ketones is 1. The molecule has 0 saturated heterocycles. The number of benzene rings is 2. The highest BCUT2D eigenvalue weighted by molar-refractivity contribution is 6.16. The average Bonchev–Trinajstić information content (AvgIpc) is 3.38. The predicted molar refractivity (Wildman–Crippen MR) is 87.2 cm³/mol. The molecule has 2 N–H and O–H groups in total. The molecule has 0 spiro atoms. The molecule has 3 nitrogen and oxygen atoms in total. The number of nitrogens with zero attached hydrogens (tertiary/aromatic N) is 1.